The molecular formula is C17H16BrFN2O3S. The molecule has 0 fully saturated rings. The Labute approximate surface area is 154 Å². The molecule has 25 heavy (non-hydrogen) atoms. The Morgan fingerprint density at radius 2 is 2.04 bits per heavy atom. The Morgan fingerprint density at radius 1 is 1.28 bits per heavy atom. The number of amides is 1. The van der Waals surface area contributed by atoms with Gasteiger partial charge in [0.2, 0.25) is 10.0 Å². The van der Waals surface area contributed by atoms with Crippen LogP contribution in [0.1, 0.15) is 21.5 Å². The third-order valence-corrected chi connectivity index (χ3v) is 6.00. The second-order valence-electron chi connectivity index (χ2n) is 5.85. The molecule has 1 amide bonds. The van der Waals surface area contributed by atoms with Crippen LogP contribution >= 0.6 is 15.9 Å². The van der Waals surface area contributed by atoms with Crippen LogP contribution in [0, 0.1) is 5.82 Å². The summed E-state index contributed by atoms with van der Waals surface area (Å²) in [5.74, 6) is -0.664. The van der Waals surface area contributed by atoms with Crippen molar-refractivity contribution in [2.45, 2.75) is 13.0 Å². The fourth-order valence-electron chi connectivity index (χ4n) is 2.81. The van der Waals surface area contributed by atoms with Crippen molar-refractivity contribution in [1.82, 2.24) is 5.32 Å². The minimum absolute atomic E-state index is 0.184. The molecule has 1 N–H and O–H groups in total. The molecule has 1 aliphatic rings. The van der Waals surface area contributed by atoms with Crippen LogP contribution in [0.2, 0.25) is 0 Å². The van der Waals surface area contributed by atoms with Gasteiger partial charge in [-0.05, 0) is 53.9 Å². The zero-order valence-electron chi connectivity index (χ0n) is 13.4. The van der Waals surface area contributed by atoms with E-state index in [0.717, 1.165) is 5.56 Å². The van der Waals surface area contributed by atoms with E-state index in [1.165, 1.54) is 22.7 Å². The monoisotopic (exact) mass is 426 g/mol. The lowest BCUT2D eigenvalue weighted by molar-refractivity contribution is 0.0950. The second-order valence-corrected chi connectivity index (χ2v) is 8.61. The van der Waals surface area contributed by atoms with E-state index < -0.39 is 10.0 Å². The van der Waals surface area contributed by atoms with Crippen LogP contribution in [0.5, 0.6) is 0 Å². The lowest BCUT2D eigenvalue weighted by Crippen LogP contribution is -2.27. The maximum atomic E-state index is 13.3. The Hall–Kier alpha value is -1.93. The maximum Gasteiger partial charge on any atom is 0.251 e. The predicted octanol–water partition coefficient (Wildman–Crippen LogP) is 2.84. The van der Waals surface area contributed by atoms with Gasteiger partial charge < -0.3 is 5.32 Å². The van der Waals surface area contributed by atoms with Crippen molar-refractivity contribution < 1.29 is 17.6 Å². The number of benzene rings is 2. The Balaban J connectivity index is 1.75. The molecular weight excluding hydrogens is 411 g/mol. The van der Waals surface area contributed by atoms with Gasteiger partial charge in [0.25, 0.3) is 5.91 Å². The number of hydrogen-bond donors (Lipinski definition) is 1. The number of carbonyl (C=O) groups excluding carboxylic acids is 1. The molecule has 8 heteroatoms. The van der Waals surface area contributed by atoms with Crippen LogP contribution in [0.15, 0.2) is 40.9 Å². The molecule has 0 aromatic heterocycles. The third-order valence-electron chi connectivity index (χ3n) is 4.04. The first-order chi connectivity index (χ1) is 11.8. The summed E-state index contributed by atoms with van der Waals surface area (Å²) in [5.41, 5.74) is 2.52. The first-order valence-electron chi connectivity index (χ1n) is 7.58. The van der Waals surface area contributed by atoms with Crippen molar-refractivity contribution in [1.29, 1.82) is 0 Å². The van der Waals surface area contributed by atoms with Gasteiger partial charge in [0, 0.05) is 23.1 Å². The molecule has 0 radical (unpaired) electrons. The van der Waals surface area contributed by atoms with Crippen LogP contribution in [0.4, 0.5) is 10.1 Å². The normalized spacial score (nSPS) is 13.6. The van der Waals surface area contributed by atoms with Gasteiger partial charge in [0.15, 0.2) is 0 Å². The fraction of sp³-hybridized carbons (Fsp3) is 0.235. The van der Waals surface area contributed by atoms with Crippen LogP contribution in [-0.4, -0.2) is 27.1 Å². The number of carbonyl (C=O) groups is 1. The highest BCUT2D eigenvalue weighted by Gasteiger charge is 2.26. The van der Waals surface area contributed by atoms with Crippen LogP contribution < -0.4 is 9.62 Å². The first-order valence-corrected chi connectivity index (χ1v) is 10.2. The van der Waals surface area contributed by atoms with Gasteiger partial charge in [-0.15, -0.1) is 0 Å². The van der Waals surface area contributed by atoms with Crippen molar-refractivity contribution in [3.8, 4) is 0 Å². The van der Waals surface area contributed by atoms with Gasteiger partial charge in [-0.1, -0.05) is 15.9 Å². The van der Waals surface area contributed by atoms with Crippen molar-refractivity contribution in [2.24, 2.45) is 0 Å². The van der Waals surface area contributed by atoms with E-state index in [0.29, 0.717) is 34.3 Å². The summed E-state index contributed by atoms with van der Waals surface area (Å²) in [6, 6.07) is 9.23. The molecule has 0 unspecified atom stereocenters. The van der Waals surface area contributed by atoms with Gasteiger partial charge in [0.05, 0.1) is 11.9 Å². The van der Waals surface area contributed by atoms with E-state index >= 15 is 0 Å². The molecule has 5 nitrogen and oxygen atoms in total. The Kier molecular flexibility index (Phi) is 4.83. The molecule has 2 aromatic rings. The van der Waals surface area contributed by atoms with E-state index in [1.54, 1.807) is 24.3 Å². The highest BCUT2D eigenvalue weighted by Crippen LogP contribution is 2.30. The maximum absolute atomic E-state index is 13.3. The fourth-order valence-corrected chi connectivity index (χ4v) is 4.16. The molecule has 0 aliphatic carbocycles. The number of halogens is 2. The number of rotatable bonds is 4. The summed E-state index contributed by atoms with van der Waals surface area (Å²) in [7, 11) is -3.31. The Morgan fingerprint density at radius 3 is 2.76 bits per heavy atom. The number of nitrogens with zero attached hydrogens (tertiary/aromatic N) is 1. The number of hydrogen-bond acceptors (Lipinski definition) is 3. The minimum atomic E-state index is -3.31. The summed E-state index contributed by atoms with van der Waals surface area (Å²) in [6.45, 7) is 0.569. The lowest BCUT2D eigenvalue weighted by atomic mass is 10.1. The molecule has 3 rings (SSSR count). The highest BCUT2D eigenvalue weighted by molar-refractivity contribution is 9.10. The van der Waals surface area contributed by atoms with Gasteiger partial charge in [-0.25, -0.2) is 12.8 Å². The first kappa shape index (κ1) is 17.9. The number of sulfonamides is 1. The van der Waals surface area contributed by atoms with E-state index in [4.69, 9.17) is 0 Å². The smallest absolute Gasteiger partial charge is 0.251 e. The molecule has 2 aromatic carbocycles. The van der Waals surface area contributed by atoms with Crippen LogP contribution in [-0.2, 0) is 23.0 Å². The van der Waals surface area contributed by atoms with Gasteiger partial charge in [0.1, 0.15) is 5.82 Å². The van der Waals surface area contributed by atoms with E-state index in [-0.39, 0.29) is 18.3 Å². The van der Waals surface area contributed by atoms with Crippen molar-refractivity contribution in [3.05, 3.63) is 63.4 Å². The quantitative estimate of drug-likeness (QED) is 0.816. The van der Waals surface area contributed by atoms with E-state index in [1.807, 2.05) is 0 Å². The molecule has 0 spiro atoms. The topological polar surface area (TPSA) is 66.5 Å². The average Bonchev–Trinajstić information content (AvgIpc) is 2.98. The molecule has 132 valence electrons. The van der Waals surface area contributed by atoms with Crippen LogP contribution in [0.3, 0.4) is 0 Å². The molecule has 1 aliphatic heterocycles. The Bertz CT molecular complexity index is 947. The largest absolute Gasteiger partial charge is 0.348 e. The summed E-state index contributed by atoms with van der Waals surface area (Å²) in [6.07, 6.45) is 1.73. The van der Waals surface area contributed by atoms with Crippen molar-refractivity contribution in [3.63, 3.8) is 0 Å². The highest BCUT2D eigenvalue weighted by atomic mass is 79.9. The second kappa shape index (κ2) is 6.76. The number of fused-ring (bicyclic) bond motifs is 1. The summed E-state index contributed by atoms with van der Waals surface area (Å²) < 4.78 is 38.8. The standard InChI is InChI=1S/C17H16BrFN2O3S/c1-25(23,24)21-7-6-11-8-12(2-5-16(11)21)17(22)20-10-13-9-14(19)3-4-15(13)18/h2-5,8-9H,6-7,10H2,1H3,(H,20,22). The van der Waals surface area contributed by atoms with Gasteiger partial charge >= 0.3 is 0 Å². The van der Waals surface area contributed by atoms with Gasteiger partial charge in [-0.3, -0.25) is 9.10 Å². The third kappa shape index (κ3) is 3.85. The van der Waals surface area contributed by atoms with Crippen molar-refractivity contribution in [2.75, 3.05) is 17.1 Å². The molecule has 0 saturated carbocycles. The molecule has 0 bridgehead atoms. The lowest BCUT2D eigenvalue weighted by Gasteiger charge is -2.16. The van der Waals surface area contributed by atoms with Crippen LogP contribution in [0.25, 0.3) is 0 Å². The zero-order chi connectivity index (χ0) is 18.2. The molecule has 0 saturated heterocycles. The summed E-state index contributed by atoms with van der Waals surface area (Å²) in [4.78, 5) is 12.3. The SMILES string of the molecule is CS(=O)(=O)N1CCc2cc(C(=O)NCc3cc(F)ccc3Br)ccc21. The summed E-state index contributed by atoms with van der Waals surface area (Å²) in [5, 5.41) is 2.75. The van der Waals surface area contributed by atoms with Crippen molar-refractivity contribution >= 4 is 37.5 Å². The zero-order valence-corrected chi connectivity index (χ0v) is 15.8. The number of nitrogens with one attached hydrogen (secondary N) is 1. The molecule has 0 atom stereocenters. The van der Waals surface area contributed by atoms with E-state index in [2.05, 4.69) is 21.2 Å². The minimum Gasteiger partial charge on any atom is -0.348 e. The summed E-state index contributed by atoms with van der Waals surface area (Å²) >= 11 is 3.32. The van der Waals surface area contributed by atoms with E-state index in [9.17, 15) is 17.6 Å². The number of anilines is 1. The predicted molar refractivity (Wildman–Crippen MR) is 97.6 cm³/mol. The van der Waals surface area contributed by atoms with Gasteiger partial charge in [-0.2, -0.15) is 0 Å². The average molecular weight is 427 g/mol. The molecule has 1 heterocycles.